The highest BCUT2D eigenvalue weighted by Gasteiger charge is 2.32. The van der Waals surface area contributed by atoms with E-state index in [0.717, 1.165) is 0 Å². The Morgan fingerprint density at radius 2 is 1.42 bits per heavy atom. The summed E-state index contributed by atoms with van der Waals surface area (Å²) in [6.45, 7) is 2.22. The number of primary amides is 1. The van der Waals surface area contributed by atoms with Gasteiger partial charge in [-0.25, -0.2) is 4.79 Å². The van der Waals surface area contributed by atoms with Crippen LogP contribution >= 0.6 is 0 Å². The van der Waals surface area contributed by atoms with Gasteiger partial charge in [0, 0.05) is 6.42 Å². The average Bonchev–Trinajstić information content (AvgIpc) is 2.65. The highest BCUT2D eigenvalue weighted by atomic mass is 16.4. The molecule has 176 valence electrons. The topological polar surface area (TPSA) is 251 Å². The summed E-state index contributed by atoms with van der Waals surface area (Å²) in [5.41, 5.74) is 10.5. The molecule has 0 aliphatic heterocycles. The predicted octanol–water partition coefficient (Wildman–Crippen LogP) is -3.76. The molecule has 0 heterocycles. The molecule has 0 rings (SSSR count). The summed E-state index contributed by atoms with van der Waals surface area (Å²) in [5, 5.41) is 33.3. The van der Waals surface area contributed by atoms with Crippen molar-refractivity contribution in [2.24, 2.45) is 17.4 Å². The van der Waals surface area contributed by atoms with Crippen LogP contribution in [0.1, 0.15) is 33.1 Å². The van der Waals surface area contributed by atoms with Crippen LogP contribution < -0.4 is 27.4 Å². The van der Waals surface area contributed by atoms with Gasteiger partial charge in [-0.2, -0.15) is 0 Å². The molecule has 10 N–H and O–H groups in total. The largest absolute Gasteiger partial charge is 0.481 e. The average molecular weight is 447 g/mol. The molecule has 4 atom stereocenters. The first-order valence-electron chi connectivity index (χ1n) is 9.30. The van der Waals surface area contributed by atoms with E-state index >= 15 is 0 Å². The van der Waals surface area contributed by atoms with E-state index in [4.69, 9.17) is 26.8 Å². The minimum Gasteiger partial charge on any atom is -0.481 e. The molecule has 0 aromatic carbocycles. The molecule has 31 heavy (non-hydrogen) atoms. The third kappa shape index (κ3) is 10.4. The van der Waals surface area contributed by atoms with Crippen LogP contribution in [-0.4, -0.2) is 81.7 Å². The summed E-state index contributed by atoms with van der Waals surface area (Å²) in [5.74, 6) is -6.87. The molecule has 0 spiro atoms. The first-order valence-corrected chi connectivity index (χ1v) is 9.30. The molecule has 0 aromatic heterocycles. The highest BCUT2D eigenvalue weighted by Crippen LogP contribution is 2.06. The molecule has 14 nitrogen and oxygen atoms in total. The van der Waals surface area contributed by atoms with Crippen LogP contribution in [0.15, 0.2) is 0 Å². The summed E-state index contributed by atoms with van der Waals surface area (Å²) in [7, 11) is 0. The molecule has 0 aromatic rings. The van der Waals surface area contributed by atoms with Crippen LogP contribution in [0.25, 0.3) is 0 Å². The number of carbonyl (C=O) groups is 6. The number of aliphatic carboxylic acids is 2. The maximum Gasteiger partial charge on any atom is 0.328 e. The van der Waals surface area contributed by atoms with Gasteiger partial charge in [0.15, 0.2) is 0 Å². The minimum atomic E-state index is -1.64. The number of aliphatic hydroxyl groups excluding tert-OH is 1. The van der Waals surface area contributed by atoms with Gasteiger partial charge >= 0.3 is 11.9 Å². The van der Waals surface area contributed by atoms with Crippen molar-refractivity contribution in [1.82, 2.24) is 16.0 Å². The van der Waals surface area contributed by atoms with E-state index in [9.17, 15) is 28.8 Å². The second-order valence-electron chi connectivity index (χ2n) is 7.08. The quantitative estimate of drug-likeness (QED) is 0.129. The van der Waals surface area contributed by atoms with E-state index in [-0.39, 0.29) is 12.8 Å². The number of carboxylic acid groups (broad SMARTS) is 2. The van der Waals surface area contributed by atoms with Crippen molar-refractivity contribution >= 4 is 35.6 Å². The Labute approximate surface area is 177 Å². The third-order valence-electron chi connectivity index (χ3n) is 4.09. The lowest BCUT2D eigenvalue weighted by molar-refractivity contribution is -0.143. The van der Waals surface area contributed by atoms with Crippen LogP contribution in [-0.2, 0) is 28.8 Å². The van der Waals surface area contributed by atoms with Gasteiger partial charge in [-0.15, -0.1) is 0 Å². The van der Waals surface area contributed by atoms with Crippen molar-refractivity contribution in [2.75, 3.05) is 6.61 Å². The van der Waals surface area contributed by atoms with Crippen LogP contribution in [0.4, 0.5) is 0 Å². The first kappa shape index (κ1) is 27.7. The molecule has 4 unspecified atom stereocenters. The van der Waals surface area contributed by atoms with Gasteiger partial charge in [0.25, 0.3) is 0 Å². The van der Waals surface area contributed by atoms with E-state index in [2.05, 4.69) is 10.6 Å². The molecular formula is C17H29N5O9. The lowest BCUT2D eigenvalue weighted by Gasteiger charge is -2.26. The van der Waals surface area contributed by atoms with Crippen molar-refractivity contribution in [3.63, 3.8) is 0 Å². The van der Waals surface area contributed by atoms with Crippen molar-refractivity contribution < 1.29 is 44.1 Å². The van der Waals surface area contributed by atoms with Gasteiger partial charge in [-0.1, -0.05) is 13.8 Å². The third-order valence-corrected chi connectivity index (χ3v) is 4.09. The molecule has 0 radical (unpaired) electrons. The number of nitrogens with one attached hydrogen (secondary N) is 3. The number of hydrogen-bond donors (Lipinski definition) is 8. The summed E-state index contributed by atoms with van der Waals surface area (Å²) >= 11 is 0. The number of nitrogens with two attached hydrogens (primary N) is 2. The van der Waals surface area contributed by atoms with E-state index in [1.807, 2.05) is 5.32 Å². The van der Waals surface area contributed by atoms with E-state index < -0.39 is 78.7 Å². The summed E-state index contributed by atoms with van der Waals surface area (Å²) in [4.78, 5) is 69.9. The number of aliphatic hydroxyl groups is 1. The standard InChI is InChI=1S/C17H29N5O9/c1-7(2)13(22-14(27)8(18)5-12(25)26)16(29)20-9(3-4-11(19)24)15(28)21-10(6-23)17(30)31/h7-10,13,23H,3-6,18H2,1-2H3,(H2,19,24)(H,20,29)(H,21,28)(H,22,27)(H,25,26)(H,30,31). The van der Waals surface area contributed by atoms with Gasteiger partial charge in [0.1, 0.15) is 18.1 Å². The number of carboxylic acids is 2. The van der Waals surface area contributed by atoms with Gasteiger partial charge in [-0.3, -0.25) is 24.0 Å². The Hall–Kier alpha value is -3.26. The van der Waals surface area contributed by atoms with Crippen LogP contribution in [0, 0.1) is 5.92 Å². The summed E-state index contributed by atoms with van der Waals surface area (Å²) in [6, 6.07) is -5.68. The van der Waals surface area contributed by atoms with Gasteiger partial charge in [-0.05, 0) is 12.3 Å². The maximum absolute atomic E-state index is 12.7. The SMILES string of the molecule is CC(C)C(NC(=O)C(N)CC(=O)O)C(=O)NC(CCC(N)=O)C(=O)NC(CO)C(=O)O. The second-order valence-corrected chi connectivity index (χ2v) is 7.08. The minimum absolute atomic E-state index is 0.276. The van der Waals surface area contributed by atoms with E-state index in [0.29, 0.717) is 0 Å². The first-order chi connectivity index (χ1) is 14.3. The fraction of sp³-hybridized carbons (Fsp3) is 0.647. The molecule has 0 aliphatic rings. The Balaban J connectivity index is 5.41. The van der Waals surface area contributed by atoms with Crippen molar-refractivity contribution in [1.29, 1.82) is 0 Å². The molecule has 0 aliphatic carbocycles. The predicted molar refractivity (Wildman–Crippen MR) is 104 cm³/mol. The molecule has 0 saturated carbocycles. The molecule has 0 saturated heterocycles. The normalized spacial score (nSPS) is 14.6. The second kappa shape index (κ2) is 13.1. The van der Waals surface area contributed by atoms with Crippen molar-refractivity contribution in [2.45, 2.75) is 57.3 Å². The number of rotatable bonds is 14. The number of hydrogen-bond acceptors (Lipinski definition) is 8. The lowest BCUT2D eigenvalue weighted by atomic mass is 10.0. The lowest BCUT2D eigenvalue weighted by Crippen LogP contribution is -2.58. The highest BCUT2D eigenvalue weighted by molar-refractivity contribution is 5.95. The molecular weight excluding hydrogens is 418 g/mol. The summed E-state index contributed by atoms with van der Waals surface area (Å²) < 4.78 is 0. The van der Waals surface area contributed by atoms with Crippen LogP contribution in [0.2, 0.25) is 0 Å². The number of carbonyl (C=O) groups excluding carboxylic acids is 4. The van der Waals surface area contributed by atoms with Crippen molar-refractivity contribution in [3.05, 3.63) is 0 Å². The molecule has 4 amide bonds. The molecule has 14 heteroatoms. The zero-order valence-corrected chi connectivity index (χ0v) is 17.2. The summed E-state index contributed by atoms with van der Waals surface area (Å²) in [6.07, 6.45) is -1.26. The molecule has 0 bridgehead atoms. The maximum atomic E-state index is 12.7. The fourth-order valence-electron chi connectivity index (χ4n) is 2.35. The Bertz CT molecular complexity index is 697. The van der Waals surface area contributed by atoms with E-state index in [1.165, 1.54) is 0 Å². The van der Waals surface area contributed by atoms with Crippen molar-refractivity contribution in [3.8, 4) is 0 Å². The van der Waals surface area contributed by atoms with Crippen LogP contribution in [0.5, 0.6) is 0 Å². The zero-order chi connectivity index (χ0) is 24.3. The monoisotopic (exact) mass is 447 g/mol. The Morgan fingerprint density at radius 3 is 1.84 bits per heavy atom. The van der Waals surface area contributed by atoms with Gasteiger partial charge < -0.3 is 42.7 Å². The molecule has 0 fully saturated rings. The van der Waals surface area contributed by atoms with Gasteiger partial charge in [0.05, 0.1) is 19.1 Å². The van der Waals surface area contributed by atoms with Gasteiger partial charge in [0.2, 0.25) is 23.6 Å². The fourth-order valence-corrected chi connectivity index (χ4v) is 2.35. The zero-order valence-electron chi connectivity index (χ0n) is 17.2. The van der Waals surface area contributed by atoms with Crippen LogP contribution in [0.3, 0.4) is 0 Å². The Morgan fingerprint density at radius 1 is 0.871 bits per heavy atom. The van der Waals surface area contributed by atoms with E-state index in [1.54, 1.807) is 13.8 Å². The smallest absolute Gasteiger partial charge is 0.328 e. The number of amides is 4. The Kier molecular flexibility index (Phi) is 11.7.